The molecule has 0 unspecified atom stereocenters. The van der Waals surface area contributed by atoms with Gasteiger partial charge in [-0.05, 0) is 18.6 Å². The Morgan fingerprint density at radius 1 is 1.20 bits per heavy atom. The van der Waals surface area contributed by atoms with Crippen molar-refractivity contribution in [2.24, 2.45) is 5.73 Å². The monoisotopic (exact) mass is 273 g/mol. The summed E-state index contributed by atoms with van der Waals surface area (Å²) in [7, 11) is 1.70. The number of fused-ring (bicyclic) bond motifs is 1. The van der Waals surface area contributed by atoms with Gasteiger partial charge in [0.05, 0.1) is 7.11 Å². The first-order valence-corrected chi connectivity index (χ1v) is 7.18. The number of methoxy groups -OCH3 is 1. The lowest BCUT2D eigenvalue weighted by Gasteiger charge is -2.24. The molecule has 0 amide bonds. The van der Waals surface area contributed by atoms with E-state index in [0.717, 1.165) is 48.3 Å². The predicted octanol–water partition coefficient (Wildman–Crippen LogP) is 2.81. The highest BCUT2D eigenvalue weighted by Crippen LogP contribution is 2.30. The molecule has 2 rings (SSSR count). The lowest BCUT2D eigenvalue weighted by atomic mass is 10.1. The molecule has 0 aliphatic heterocycles. The highest BCUT2D eigenvalue weighted by molar-refractivity contribution is 5.96. The molecule has 0 saturated heterocycles. The average molecular weight is 273 g/mol. The molecule has 0 aliphatic carbocycles. The molecule has 0 saturated carbocycles. The normalized spacial score (nSPS) is 10.8. The van der Waals surface area contributed by atoms with Crippen LogP contribution in [0.1, 0.15) is 19.8 Å². The van der Waals surface area contributed by atoms with Crippen molar-refractivity contribution in [1.29, 1.82) is 0 Å². The van der Waals surface area contributed by atoms with Gasteiger partial charge in [-0.2, -0.15) is 0 Å². The zero-order chi connectivity index (χ0) is 14.4. The summed E-state index contributed by atoms with van der Waals surface area (Å²) in [5.74, 6) is 1.88. The third-order valence-electron chi connectivity index (χ3n) is 3.45. The summed E-state index contributed by atoms with van der Waals surface area (Å²) in [6.45, 7) is 4.63. The van der Waals surface area contributed by atoms with Crippen molar-refractivity contribution in [3.8, 4) is 5.75 Å². The average Bonchev–Trinajstić information content (AvgIpc) is 2.50. The first-order chi connectivity index (χ1) is 9.81. The Morgan fingerprint density at radius 2 is 2.05 bits per heavy atom. The van der Waals surface area contributed by atoms with Gasteiger partial charge in [-0.15, -0.1) is 0 Å². The minimum atomic E-state index is 0.631. The van der Waals surface area contributed by atoms with E-state index in [0.29, 0.717) is 6.54 Å². The minimum absolute atomic E-state index is 0.631. The smallest absolute Gasteiger partial charge is 0.136 e. The number of pyridine rings is 1. The molecule has 4 nitrogen and oxygen atoms in total. The van der Waals surface area contributed by atoms with Gasteiger partial charge in [0.15, 0.2) is 0 Å². The van der Waals surface area contributed by atoms with Crippen LogP contribution in [0.3, 0.4) is 0 Å². The van der Waals surface area contributed by atoms with Gasteiger partial charge in [0.2, 0.25) is 0 Å². The highest BCUT2D eigenvalue weighted by Gasteiger charge is 2.12. The molecule has 4 heteroatoms. The number of anilines is 1. The van der Waals surface area contributed by atoms with Gasteiger partial charge in [0.25, 0.3) is 0 Å². The maximum Gasteiger partial charge on any atom is 0.136 e. The largest absolute Gasteiger partial charge is 0.496 e. The number of nitrogens with two attached hydrogens (primary N) is 1. The third-order valence-corrected chi connectivity index (χ3v) is 3.45. The Balaban J connectivity index is 2.46. The molecule has 0 aliphatic rings. The second kappa shape index (κ2) is 7.10. The molecule has 2 N–H and O–H groups in total. The Morgan fingerprint density at radius 3 is 2.75 bits per heavy atom. The van der Waals surface area contributed by atoms with Crippen molar-refractivity contribution in [2.45, 2.75) is 19.8 Å². The fourth-order valence-corrected chi connectivity index (χ4v) is 2.42. The number of nitrogens with zero attached hydrogens (tertiary/aromatic N) is 2. The molecule has 0 atom stereocenters. The summed E-state index contributed by atoms with van der Waals surface area (Å²) in [4.78, 5) is 6.84. The number of rotatable bonds is 7. The summed E-state index contributed by atoms with van der Waals surface area (Å²) >= 11 is 0. The summed E-state index contributed by atoms with van der Waals surface area (Å²) in [5, 5.41) is 2.22. The van der Waals surface area contributed by atoms with Crippen LogP contribution in [0.25, 0.3) is 10.8 Å². The first-order valence-electron chi connectivity index (χ1n) is 7.18. The quantitative estimate of drug-likeness (QED) is 0.843. The molecule has 1 aromatic heterocycles. The molecule has 1 aromatic carbocycles. The van der Waals surface area contributed by atoms with E-state index in [1.807, 2.05) is 24.4 Å². The van der Waals surface area contributed by atoms with Crippen LogP contribution < -0.4 is 15.4 Å². The SMILES string of the molecule is CCCCN(CCN)c1nccc2c(OC)cccc12. The molecule has 0 radical (unpaired) electrons. The highest BCUT2D eigenvalue weighted by atomic mass is 16.5. The number of hydrogen-bond donors (Lipinski definition) is 1. The van der Waals surface area contributed by atoms with Crippen LogP contribution in [-0.4, -0.2) is 31.7 Å². The number of hydrogen-bond acceptors (Lipinski definition) is 4. The van der Waals surface area contributed by atoms with E-state index < -0.39 is 0 Å². The summed E-state index contributed by atoms with van der Waals surface area (Å²) in [6.07, 6.45) is 4.15. The molecule has 20 heavy (non-hydrogen) atoms. The van der Waals surface area contributed by atoms with E-state index >= 15 is 0 Å². The Labute approximate surface area is 120 Å². The minimum Gasteiger partial charge on any atom is -0.496 e. The van der Waals surface area contributed by atoms with Gasteiger partial charge in [0, 0.05) is 36.6 Å². The van der Waals surface area contributed by atoms with Crippen molar-refractivity contribution < 1.29 is 4.74 Å². The first kappa shape index (κ1) is 14.6. The summed E-state index contributed by atoms with van der Waals surface area (Å²) < 4.78 is 5.43. The van der Waals surface area contributed by atoms with Gasteiger partial charge in [-0.3, -0.25) is 0 Å². The van der Waals surface area contributed by atoms with Gasteiger partial charge >= 0.3 is 0 Å². The Kier molecular flexibility index (Phi) is 5.18. The van der Waals surface area contributed by atoms with E-state index in [2.05, 4.69) is 22.9 Å². The molecular weight excluding hydrogens is 250 g/mol. The van der Waals surface area contributed by atoms with E-state index in [1.54, 1.807) is 7.11 Å². The Bertz CT molecular complexity index is 556. The number of benzene rings is 1. The van der Waals surface area contributed by atoms with Crippen molar-refractivity contribution in [2.75, 3.05) is 31.6 Å². The standard InChI is InChI=1S/C16H23N3O/c1-3-4-11-19(12-9-17)16-14-6-5-7-15(20-2)13(14)8-10-18-16/h5-8,10H,3-4,9,11-12,17H2,1-2H3. The maximum atomic E-state index is 5.74. The van der Waals surface area contributed by atoms with Crippen LogP contribution >= 0.6 is 0 Å². The molecular formula is C16H23N3O. The second-order valence-electron chi connectivity index (χ2n) is 4.82. The van der Waals surface area contributed by atoms with Gasteiger partial charge in [-0.25, -0.2) is 4.98 Å². The molecule has 1 heterocycles. The van der Waals surface area contributed by atoms with Crippen LogP contribution in [0.2, 0.25) is 0 Å². The van der Waals surface area contributed by atoms with Gasteiger partial charge in [0.1, 0.15) is 11.6 Å². The predicted molar refractivity (Wildman–Crippen MR) is 84.5 cm³/mol. The molecule has 108 valence electrons. The number of unbranched alkanes of at least 4 members (excludes halogenated alkanes) is 1. The molecule has 0 bridgehead atoms. The third kappa shape index (κ3) is 3.02. The van der Waals surface area contributed by atoms with E-state index in [9.17, 15) is 0 Å². The van der Waals surface area contributed by atoms with Crippen LogP contribution in [0, 0.1) is 0 Å². The van der Waals surface area contributed by atoms with Crippen LogP contribution in [0.5, 0.6) is 5.75 Å². The number of ether oxygens (including phenoxy) is 1. The van der Waals surface area contributed by atoms with Crippen molar-refractivity contribution in [1.82, 2.24) is 4.98 Å². The van der Waals surface area contributed by atoms with Crippen LogP contribution in [-0.2, 0) is 0 Å². The van der Waals surface area contributed by atoms with E-state index in [1.165, 1.54) is 0 Å². The molecule has 0 fully saturated rings. The van der Waals surface area contributed by atoms with E-state index in [4.69, 9.17) is 10.5 Å². The fraction of sp³-hybridized carbons (Fsp3) is 0.438. The summed E-state index contributed by atoms with van der Waals surface area (Å²) in [5.41, 5.74) is 5.74. The van der Waals surface area contributed by atoms with Crippen LogP contribution in [0.15, 0.2) is 30.5 Å². The lowest BCUT2D eigenvalue weighted by molar-refractivity contribution is 0.420. The molecule has 0 spiro atoms. The number of aromatic nitrogens is 1. The van der Waals surface area contributed by atoms with Crippen molar-refractivity contribution in [3.63, 3.8) is 0 Å². The fourth-order valence-electron chi connectivity index (χ4n) is 2.42. The van der Waals surface area contributed by atoms with Crippen LogP contribution in [0.4, 0.5) is 5.82 Å². The van der Waals surface area contributed by atoms with Gasteiger partial charge in [-0.1, -0.05) is 25.5 Å². The van der Waals surface area contributed by atoms with Gasteiger partial charge < -0.3 is 15.4 Å². The van der Waals surface area contributed by atoms with Crippen molar-refractivity contribution in [3.05, 3.63) is 30.5 Å². The van der Waals surface area contributed by atoms with E-state index in [-0.39, 0.29) is 0 Å². The molecule has 2 aromatic rings. The second-order valence-corrected chi connectivity index (χ2v) is 4.82. The maximum absolute atomic E-state index is 5.74. The topological polar surface area (TPSA) is 51.4 Å². The Hall–Kier alpha value is -1.81. The summed E-state index contributed by atoms with van der Waals surface area (Å²) in [6, 6.07) is 8.08. The zero-order valence-corrected chi connectivity index (χ0v) is 12.3. The van der Waals surface area contributed by atoms with Crippen molar-refractivity contribution >= 4 is 16.6 Å². The lowest BCUT2D eigenvalue weighted by Crippen LogP contribution is -2.31. The zero-order valence-electron chi connectivity index (χ0n) is 12.3.